The fourth-order valence-corrected chi connectivity index (χ4v) is 6.46. The molecule has 0 aliphatic heterocycles. The van der Waals surface area contributed by atoms with E-state index in [1.54, 1.807) is 13.0 Å². The van der Waals surface area contributed by atoms with E-state index in [4.69, 9.17) is 16.3 Å². The van der Waals surface area contributed by atoms with Crippen molar-refractivity contribution in [3.05, 3.63) is 130 Å². The average molecular weight is 664 g/mol. The lowest BCUT2D eigenvalue weighted by molar-refractivity contribution is -0.137. The van der Waals surface area contributed by atoms with E-state index in [1.807, 2.05) is 65.6 Å². The molecule has 45 heavy (non-hydrogen) atoms. The smallest absolute Gasteiger partial charge is 0.417 e. The molecule has 4 aromatic rings. The molecule has 0 fully saturated rings. The molecule has 11 heteroatoms. The maximum absolute atomic E-state index is 14.7. The lowest BCUT2D eigenvalue weighted by atomic mass is 9.90. The highest BCUT2D eigenvalue weighted by molar-refractivity contribution is 7.90. The van der Waals surface area contributed by atoms with Gasteiger partial charge in [-0.2, -0.15) is 13.2 Å². The van der Waals surface area contributed by atoms with E-state index in [0.717, 1.165) is 29.5 Å². The second-order valence-electron chi connectivity index (χ2n) is 10.9. The van der Waals surface area contributed by atoms with Crippen LogP contribution >= 0.6 is 11.6 Å². The zero-order chi connectivity index (χ0) is 32.8. The standard InChI is InChI=1S/C34H34ClF4NO4S/c1-23(44-27-18-31(36)29(22-41)32(19-27)45(2,42)43)16-17-40(20-26-14-9-15-30(33(26)35)34(37,38)39)21-28(24-10-5-3-6-11-24)25-12-7-4-8-13-25/h3-15,18-19,23,28,41H,16-17,20-22H2,1-2H3/t23-/m0/s1. The van der Waals surface area contributed by atoms with Crippen LogP contribution in [0, 0.1) is 5.82 Å². The number of aliphatic hydroxyl groups is 1. The Morgan fingerprint density at radius 3 is 2.07 bits per heavy atom. The summed E-state index contributed by atoms with van der Waals surface area (Å²) in [5.41, 5.74) is 1.13. The van der Waals surface area contributed by atoms with Crippen LogP contribution in [0.3, 0.4) is 0 Å². The van der Waals surface area contributed by atoms with Gasteiger partial charge in [0, 0.05) is 43.4 Å². The Balaban J connectivity index is 1.62. The first-order chi connectivity index (χ1) is 21.3. The number of hydrogen-bond donors (Lipinski definition) is 1. The first-order valence-electron chi connectivity index (χ1n) is 14.2. The normalized spacial score (nSPS) is 12.9. The minimum atomic E-state index is -4.61. The number of halogens is 5. The van der Waals surface area contributed by atoms with Crippen molar-refractivity contribution in [3.63, 3.8) is 0 Å². The van der Waals surface area contributed by atoms with Crippen molar-refractivity contribution in [2.75, 3.05) is 19.3 Å². The molecule has 4 aromatic carbocycles. The number of rotatable bonds is 13. The van der Waals surface area contributed by atoms with Crippen molar-refractivity contribution in [3.8, 4) is 5.75 Å². The second kappa shape index (κ2) is 14.8. The van der Waals surface area contributed by atoms with Crippen molar-refractivity contribution < 1.29 is 35.8 Å². The molecule has 0 saturated heterocycles. The molecular weight excluding hydrogens is 630 g/mol. The molecule has 5 nitrogen and oxygen atoms in total. The van der Waals surface area contributed by atoms with Gasteiger partial charge in [0.15, 0.2) is 9.84 Å². The van der Waals surface area contributed by atoms with Gasteiger partial charge < -0.3 is 9.84 Å². The summed E-state index contributed by atoms with van der Waals surface area (Å²) in [6, 6.07) is 25.6. The predicted octanol–water partition coefficient (Wildman–Crippen LogP) is 7.89. The van der Waals surface area contributed by atoms with Gasteiger partial charge in [-0.3, -0.25) is 4.90 Å². The molecule has 240 valence electrons. The SMILES string of the molecule is C[C@@H](CCN(Cc1cccc(C(F)(F)F)c1Cl)CC(c1ccccc1)c1ccccc1)Oc1cc(F)c(CO)c(S(C)(=O)=O)c1. The van der Waals surface area contributed by atoms with Gasteiger partial charge in [0.05, 0.1) is 28.2 Å². The first kappa shape index (κ1) is 34.4. The van der Waals surface area contributed by atoms with Gasteiger partial charge in [-0.05, 0) is 42.2 Å². The minimum Gasteiger partial charge on any atom is -0.491 e. The molecule has 0 amide bonds. The molecule has 0 unspecified atom stereocenters. The number of benzene rings is 4. The Labute approximate surface area is 266 Å². The van der Waals surface area contributed by atoms with E-state index in [-0.39, 0.29) is 33.7 Å². The monoisotopic (exact) mass is 663 g/mol. The highest BCUT2D eigenvalue weighted by Gasteiger charge is 2.34. The lowest BCUT2D eigenvalue weighted by Gasteiger charge is -2.30. The summed E-state index contributed by atoms with van der Waals surface area (Å²) in [5.74, 6) is -1.04. The van der Waals surface area contributed by atoms with E-state index in [2.05, 4.69) is 0 Å². The molecule has 0 saturated carbocycles. The highest BCUT2D eigenvalue weighted by atomic mass is 35.5. The summed E-state index contributed by atoms with van der Waals surface area (Å²) in [6.45, 7) is 1.86. The van der Waals surface area contributed by atoms with Gasteiger partial charge in [0.1, 0.15) is 11.6 Å². The van der Waals surface area contributed by atoms with Crippen LogP contribution in [0.1, 0.15) is 47.1 Å². The Morgan fingerprint density at radius 2 is 1.53 bits per heavy atom. The minimum absolute atomic E-state index is 0.0171. The van der Waals surface area contributed by atoms with E-state index in [0.29, 0.717) is 25.1 Å². The van der Waals surface area contributed by atoms with E-state index >= 15 is 0 Å². The third-order valence-corrected chi connectivity index (χ3v) is 9.11. The van der Waals surface area contributed by atoms with Crippen molar-refractivity contribution in [1.82, 2.24) is 4.90 Å². The summed E-state index contributed by atoms with van der Waals surface area (Å²) >= 11 is 6.30. The maximum atomic E-state index is 14.7. The van der Waals surface area contributed by atoms with Gasteiger partial charge in [-0.1, -0.05) is 84.4 Å². The second-order valence-corrected chi connectivity index (χ2v) is 13.3. The quantitative estimate of drug-likeness (QED) is 0.147. The Hall–Kier alpha value is -3.44. The van der Waals surface area contributed by atoms with Crippen molar-refractivity contribution in [1.29, 1.82) is 0 Å². The molecule has 0 heterocycles. The van der Waals surface area contributed by atoms with Gasteiger partial charge in [-0.25, -0.2) is 12.8 Å². The van der Waals surface area contributed by atoms with E-state index in [1.165, 1.54) is 12.1 Å². The Morgan fingerprint density at radius 1 is 0.933 bits per heavy atom. The van der Waals surface area contributed by atoms with Gasteiger partial charge >= 0.3 is 6.18 Å². The van der Waals surface area contributed by atoms with Crippen LogP contribution in [0.5, 0.6) is 5.75 Å². The summed E-state index contributed by atoms with van der Waals surface area (Å²) in [6.07, 6.45) is -3.86. The summed E-state index contributed by atoms with van der Waals surface area (Å²) in [4.78, 5) is 1.64. The van der Waals surface area contributed by atoms with E-state index in [9.17, 15) is 31.1 Å². The molecule has 0 aliphatic carbocycles. The fourth-order valence-electron chi connectivity index (χ4n) is 5.22. The number of aliphatic hydroxyl groups excluding tert-OH is 1. The molecule has 0 radical (unpaired) electrons. The third kappa shape index (κ3) is 9.07. The third-order valence-electron chi connectivity index (χ3n) is 7.50. The number of hydrogen-bond acceptors (Lipinski definition) is 5. The van der Waals surface area contributed by atoms with Crippen LogP contribution in [0.2, 0.25) is 5.02 Å². The lowest BCUT2D eigenvalue weighted by Crippen LogP contribution is -2.32. The molecule has 1 atom stereocenters. The molecule has 0 aliphatic rings. The number of sulfone groups is 1. The molecular formula is C34H34ClF4NO4S. The number of alkyl halides is 3. The maximum Gasteiger partial charge on any atom is 0.417 e. The zero-order valence-electron chi connectivity index (χ0n) is 24.8. The topological polar surface area (TPSA) is 66.8 Å². The van der Waals surface area contributed by atoms with Gasteiger partial charge in [0.25, 0.3) is 0 Å². The molecule has 0 spiro atoms. The van der Waals surface area contributed by atoms with Crippen LogP contribution in [0.4, 0.5) is 17.6 Å². The molecule has 1 N–H and O–H groups in total. The summed E-state index contributed by atoms with van der Waals surface area (Å²) in [5, 5.41) is 9.14. The molecule has 0 bridgehead atoms. The van der Waals surface area contributed by atoms with Crippen LogP contribution in [0.25, 0.3) is 0 Å². The van der Waals surface area contributed by atoms with Gasteiger partial charge in [-0.15, -0.1) is 0 Å². The summed E-state index contributed by atoms with van der Waals surface area (Å²) < 4.78 is 86.0. The number of ether oxygens (including phenoxy) is 1. The Kier molecular flexibility index (Phi) is 11.3. The zero-order valence-corrected chi connectivity index (χ0v) is 26.3. The summed E-state index contributed by atoms with van der Waals surface area (Å²) in [7, 11) is -3.85. The van der Waals surface area contributed by atoms with E-state index < -0.39 is 40.1 Å². The first-order valence-corrected chi connectivity index (χ1v) is 16.5. The molecule has 4 rings (SSSR count). The average Bonchev–Trinajstić information content (AvgIpc) is 2.99. The van der Waals surface area contributed by atoms with Crippen molar-refractivity contribution in [2.24, 2.45) is 0 Å². The van der Waals surface area contributed by atoms with Crippen molar-refractivity contribution >= 4 is 21.4 Å². The largest absolute Gasteiger partial charge is 0.491 e. The molecule has 0 aromatic heterocycles. The highest BCUT2D eigenvalue weighted by Crippen LogP contribution is 2.37. The number of nitrogens with zero attached hydrogens (tertiary/aromatic N) is 1. The van der Waals surface area contributed by atoms with Crippen molar-refractivity contribution in [2.45, 2.75) is 49.6 Å². The van der Waals surface area contributed by atoms with Crippen LogP contribution < -0.4 is 4.74 Å². The van der Waals surface area contributed by atoms with Crippen LogP contribution in [-0.4, -0.2) is 43.9 Å². The van der Waals surface area contributed by atoms with Crippen LogP contribution in [-0.2, 0) is 29.2 Å². The Bertz CT molecular complexity index is 1650. The predicted molar refractivity (Wildman–Crippen MR) is 167 cm³/mol. The van der Waals surface area contributed by atoms with Gasteiger partial charge in [0.2, 0.25) is 0 Å². The fraction of sp³-hybridized carbons (Fsp3) is 0.294. The van der Waals surface area contributed by atoms with Crippen LogP contribution in [0.15, 0.2) is 95.9 Å².